The summed E-state index contributed by atoms with van der Waals surface area (Å²) in [6.07, 6.45) is -2.23. The number of ether oxygens (including phenoxy) is 1. The highest BCUT2D eigenvalue weighted by Gasteiger charge is 2.38. The van der Waals surface area contributed by atoms with Crippen molar-refractivity contribution in [3.05, 3.63) is 23.3 Å². The number of aryl methyl sites for hydroxylation is 1. The monoisotopic (exact) mass is 389 g/mol. The topological polar surface area (TPSA) is 49.8 Å². The van der Waals surface area contributed by atoms with Crippen LogP contribution in [-0.4, -0.2) is 30.8 Å². The number of anilines is 1. The second-order valence-corrected chi connectivity index (χ2v) is 7.01. The maximum absolute atomic E-state index is 13.8. The number of nitrogens with zero attached hydrogens (tertiary/aromatic N) is 1. The summed E-state index contributed by atoms with van der Waals surface area (Å²) in [7, 11) is 0. The van der Waals surface area contributed by atoms with E-state index in [4.69, 9.17) is 4.74 Å². The molecule has 1 amide bonds. The molecule has 0 heterocycles. The number of aliphatic hydroxyl groups excluding tert-OH is 1. The molecule has 1 N–H and O–H groups in total. The molecule has 1 atom stereocenters. The first-order valence-electron chi connectivity index (χ1n) is 9.40. The first kappa shape index (κ1) is 23.3. The molecule has 1 rings (SSSR count). The van der Waals surface area contributed by atoms with Crippen molar-refractivity contribution >= 4 is 12.1 Å². The zero-order valence-corrected chi connectivity index (χ0v) is 16.5. The van der Waals surface area contributed by atoms with E-state index in [1.165, 1.54) is 0 Å². The molecule has 0 bridgehead atoms. The van der Waals surface area contributed by atoms with Gasteiger partial charge in [0.05, 0.1) is 30.5 Å². The highest BCUT2D eigenvalue weighted by atomic mass is 19.4. The molecule has 0 saturated heterocycles. The fraction of sp³-hybridized carbons (Fsp3) is 0.650. The third kappa shape index (κ3) is 6.41. The third-order valence-electron chi connectivity index (χ3n) is 4.40. The Labute approximate surface area is 159 Å². The summed E-state index contributed by atoms with van der Waals surface area (Å²) in [6.45, 7) is 7.51. The number of aliphatic hydroxyl groups is 1. The van der Waals surface area contributed by atoms with Gasteiger partial charge in [0, 0.05) is 0 Å². The largest absolute Gasteiger partial charge is 0.494 e. The van der Waals surface area contributed by atoms with E-state index in [1.807, 2.05) is 20.8 Å². The normalized spacial score (nSPS) is 12.9. The van der Waals surface area contributed by atoms with Gasteiger partial charge in [0.15, 0.2) is 0 Å². The van der Waals surface area contributed by atoms with Gasteiger partial charge in [-0.2, -0.15) is 13.2 Å². The van der Waals surface area contributed by atoms with Crippen molar-refractivity contribution in [1.29, 1.82) is 0 Å². The van der Waals surface area contributed by atoms with E-state index in [2.05, 4.69) is 0 Å². The third-order valence-corrected chi connectivity index (χ3v) is 4.40. The molecule has 1 unspecified atom stereocenters. The number of alkyl halides is 3. The molecule has 0 saturated carbocycles. The Hall–Kier alpha value is -1.76. The van der Waals surface area contributed by atoms with Crippen LogP contribution >= 0.6 is 0 Å². The number of carbonyl (C=O) groups excluding carboxylic acids is 1. The summed E-state index contributed by atoms with van der Waals surface area (Å²) in [5.41, 5.74) is -0.700. The van der Waals surface area contributed by atoms with Gasteiger partial charge in [-0.1, -0.05) is 34.1 Å². The Morgan fingerprint density at radius 2 is 1.93 bits per heavy atom. The first-order valence-corrected chi connectivity index (χ1v) is 9.40. The second-order valence-electron chi connectivity index (χ2n) is 7.01. The fourth-order valence-electron chi connectivity index (χ4n) is 2.88. The molecule has 1 aromatic carbocycles. The van der Waals surface area contributed by atoms with Gasteiger partial charge in [0.2, 0.25) is 6.41 Å². The Morgan fingerprint density at radius 3 is 2.37 bits per heavy atom. The minimum atomic E-state index is -4.65. The second kappa shape index (κ2) is 10.5. The predicted molar refractivity (Wildman–Crippen MR) is 100 cm³/mol. The number of halogens is 3. The lowest BCUT2D eigenvalue weighted by atomic mass is 9.99. The van der Waals surface area contributed by atoms with Crippen molar-refractivity contribution in [2.24, 2.45) is 5.92 Å². The maximum atomic E-state index is 13.8. The van der Waals surface area contributed by atoms with Crippen LogP contribution in [0.25, 0.3) is 0 Å². The summed E-state index contributed by atoms with van der Waals surface area (Å²) in [6, 6.07) is 1.82. The summed E-state index contributed by atoms with van der Waals surface area (Å²) in [5.74, 6) is 0.528. The van der Waals surface area contributed by atoms with Gasteiger partial charge in [0.1, 0.15) is 5.75 Å². The van der Waals surface area contributed by atoms with Crippen molar-refractivity contribution in [3.63, 3.8) is 0 Å². The first-order chi connectivity index (χ1) is 12.7. The molecule has 0 aliphatic rings. The molecule has 7 heteroatoms. The Bertz CT molecular complexity index is 599. The summed E-state index contributed by atoms with van der Waals surface area (Å²) in [4.78, 5) is 12.7. The number of benzene rings is 1. The highest BCUT2D eigenvalue weighted by molar-refractivity contribution is 5.81. The molecular weight excluding hydrogens is 359 g/mol. The molecule has 27 heavy (non-hydrogen) atoms. The Kier molecular flexibility index (Phi) is 9.09. The zero-order chi connectivity index (χ0) is 20.6. The van der Waals surface area contributed by atoms with E-state index in [1.54, 1.807) is 13.0 Å². The molecule has 0 aliphatic heterocycles. The van der Waals surface area contributed by atoms with E-state index in [0.717, 1.165) is 17.4 Å². The zero-order valence-electron chi connectivity index (χ0n) is 16.5. The minimum Gasteiger partial charge on any atom is -0.494 e. The lowest BCUT2D eigenvalue weighted by Crippen LogP contribution is -2.38. The molecule has 0 aliphatic carbocycles. The molecule has 0 spiro atoms. The van der Waals surface area contributed by atoms with E-state index < -0.39 is 24.4 Å². The minimum absolute atomic E-state index is 0.151. The standard InChI is InChI=1S/C20H30F3NO3/c1-5-7-15-10-17(27-9-8-14(3)4)11-18(20(21,22)23)19(15)24(13-26)16(6-2)12-25/h10-11,13-14,16,25H,5-9,12H2,1-4H3. The quantitative estimate of drug-likeness (QED) is 0.552. The van der Waals surface area contributed by atoms with Crippen LogP contribution in [-0.2, 0) is 17.4 Å². The van der Waals surface area contributed by atoms with Crippen LogP contribution in [0.4, 0.5) is 18.9 Å². The van der Waals surface area contributed by atoms with Gasteiger partial charge < -0.3 is 14.7 Å². The van der Waals surface area contributed by atoms with E-state index in [9.17, 15) is 23.1 Å². The van der Waals surface area contributed by atoms with Crippen LogP contribution in [0.15, 0.2) is 12.1 Å². The molecule has 4 nitrogen and oxygen atoms in total. The number of rotatable bonds is 11. The van der Waals surface area contributed by atoms with Gasteiger partial charge in [-0.3, -0.25) is 4.79 Å². The smallest absolute Gasteiger partial charge is 0.418 e. The molecule has 0 fully saturated rings. The van der Waals surface area contributed by atoms with Crippen LogP contribution in [0.3, 0.4) is 0 Å². The Morgan fingerprint density at radius 1 is 1.26 bits per heavy atom. The number of amides is 1. The molecule has 154 valence electrons. The van der Waals surface area contributed by atoms with Crippen LogP contribution in [0.5, 0.6) is 5.75 Å². The van der Waals surface area contributed by atoms with Gasteiger partial charge in [-0.25, -0.2) is 0 Å². The average Bonchev–Trinajstić information content (AvgIpc) is 2.59. The van der Waals surface area contributed by atoms with Crippen molar-refractivity contribution < 1.29 is 27.8 Å². The maximum Gasteiger partial charge on any atom is 0.418 e. The van der Waals surface area contributed by atoms with Crippen LogP contribution in [0.2, 0.25) is 0 Å². The molecule has 1 aromatic rings. The highest BCUT2D eigenvalue weighted by Crippen LogP contribution is 2.42. The number of hydrogen-bond donors (Lipinski definition) is 1. The van der Waals surface area contributed by atoms with Crippen molar-refractivity contribution in [2.75, 3.05) is 18.1 Å². The molecule has 0 aromatic heterocycles. The predicted octanol–water partition coefficient (Wildman–Crippen LogP) is 4.82. The van der Waals surface area contributed by atoms with Gasteiger partial charge in [-0.05, 0) is 42.9 Å². The number of hydrogen-bond acceptors (Lipinski definition) is 3. The van der Waals surface area contributed by atoms with E-state index in [-0.39, 0.29) is 11.4 Å². The number of carbonyl (C=O) groups is 1. The Balaban J connectivity index is 3.50. The van der Waals surface area contributed by atoms with Crippen molar-refractivity contribution in [3.8, 4) is 5.75 Å². The molecule has 0 radical (unpaired) electrons. The summed E-state index contributed by atoms with van der Waals surface area (Å²) in [5, 5.41) is 9.52. The van der Waals surface area contributed by atoms with Crippen molar-refractivity contribution in [1.82, 2.24) is 0 Å². The lowest BCUT2D eigenvalue weighted by Gasteiger charge is -2.31. The van der Waals surface area contributed by atoms with Gasteiger partial charge in [0.25, 0.3) is 0 Å². The lowest BCUT2D eigenvalue weighted by molar-refractivity contribution is -0.137. The SMILES string of the molecule is CCCc1cc(OCCC(C)C)cc(C(F)(F)F)c1N(C=O)C(CC)CO. The molecular formula is C20H30F3NO3. The van der Waals surface area contributed by atoms with Gasteiger partial charge >= 0.3 is 6.18 Å². The van der Waals surface area contributed by atoms with Crippen LogP contribution in [0.1, 0.15) is 58.1 Å². The van der Waals surface area contributed by atoms with Crippen LogP contribution in [0, 0.1) is 5.92 Å². The fourth-order valence-corrected chi connectivity index (χ4v) is 2.88. The van der Waals surface area contributed by atoms with E-state index in [0.29, 0.717) is 43.8 Å². The summed E-state index contributed by atoms with van der Waals surface area (Å²) < 4.78 is 47.0. The van der Waals surface area contributed by atoms with Crippen molar-refractivity contribution in [2.45, 2.75) is 65.6 Å². The summed E-state index contributed by atoms with van der Waals surface area (Å²) >= 11 is 0. The average molecular weight is 389 g/mol. The van der Waals surface area contributed by atoms with Crippen LogP contribution < -0.4 is 9.64 Å². The van der Waals surface area contributed by atoms with Gasteiger partial charge in [-0.15, -0.1) is 0 Å². The van der Waals surface area contributed by atoms with E-state index >= 15 is 0 Å².